The van der Waals surface area contributed by atoms with Crippen LogP contribution in [0, 0.1) is 11.3 Å². The van der Waals surface area contributed by atoms with E-state index in [4.69, 9.17) is 4.74 Å². The topological polar surface area (TPSA) is 33.0 Å². The summed E-state index contributed by atoms with van der Waals surface area (Å²) in [5, 5.41) is 9.56. The molecule has 0 radical (unpaired) electrons. The molecule has 0 saturated heterocycles. The van der Waals surface area contributed by atoms with E-state index in [9.17, 15) is 5.26 Å². The van der Waals surface area contributed by atoms with Crippen molar-refractivity contribution in [2.75, 3.05) is 6.61 Å². The lowest BCUT2D eigenvalue weighted by Crippen LogP contribution is -2.22. The van der Waals surface area contributed by atoms with Gasteiger partial charge in [0.15, 0.2) is 0 Å². The molecule has 1 unspecified atom stereocenters. The highest BCUT2D eigenvalue weighted by atomic mass is 16.5. The molecule has 0 amide bonds. The molecule has 0 aliphatic carbocycles. The lowest BCUT2D eigenvalue weighted by atomic mass is 9.81. The molecule has 0 heterocycles. The van der Waals surface area contributed by atoms with Gasteiger partial charge in [-0.05, 0) is 35.6 Å². The molecule has 2 aromatic rings. The molecule has 1 atom stereocenters. The van der Waals surface area contributed by atoms with Crippen molar-refractivity contribution in [3.8, 4) is 11.8 Å². The van der Waals surface area contributed by atoms with Crippen LogP contribution in [-0.4, -0.2) is 6.61 Å². The molecule has 0 aromatic heterocycles. The van der Waals surface area contributed by atoms with Crippen LogP contribution in [0.4, 0.5) is 0 Å². The summed E-state index contributed by atoms with van der Waals surface area (Å²) in [4.78, 5) is 0. The molecule has 120 valence electrons. The molecule has 2 rings (SSSR count). The summed E-state index contributed by atoms with van der Waals surface area (Å²) in [6, 6.07) is 20.6. The Hall–Kier alpha value is -2.27. The maximum absolute atomic E-state index is 9.56. The Morgan fingerprint density at radius 2 is 1.48 bits per heavy atom. The van der Waals surface area contributed by atoms with Crippen LogP contribution in [0.3, 0.4) is 0 Å². The minimum absolute atomic E-state index is 0.144. The number of ether oxygens (including phenoxy) is 1. The van der Waals surface area contributed by atoms with E-state index >= 15 is 0 Å². The van der Waals surface area contributed by atoms with E-state index < -0.39 is 5.41 Å². The van der Waals surface area contributed by atoms with Crippen molar-refractivity contribution in [3.63, 3.8) is 0 Å². The zero-order valence-corrected chi connectivity index (χ0v) is 14.5. The highest BCUT2D eigenvalue weighted by molar-refractivity contribution is 5.32. The fourth-order valence-electron chi connectivity index (χ4n) is 2.49. The van der Waals surface area contributed by atoms with Crippen LogP contribution >= 0.6 is 0 Å². The van der Waals surface area contributed by atoms with E-state index in [0.717, 1.165) is 11.3 Å². The van der Waals surface area contributed by atoms with Crippen molar-refractivity contribution < 1.29 is 4.74 Å². The fraction of sp³-hybridized carbons (Fsp3) is 0.381. The second-order valence-corrected chi connectivity index (χ2v) is 7.18. The second-order valence-electron chi connectivity index (χ2n) is 7.18. The number of nitrogens with zero attached hydrogens (tertiary/aromatic N) is 1. The first-order valence-corrected chi connectivity index (χ1v) is 8.05. The number of nitriles is 1. The molecule has 0 aliphatic rings. The van der Waals surface area contributed by atoms with Crippen LogP contribution in [0.1, 0.15) is 45.2 Å². The van der Waals surface area contributed by atoms with E-state index in [1.165, 1.54) is 5.56 Å². The van der Waals surface area contributed by atoms with Crippen molar-refractivity contribution >= 4 is 0 Å². The van der Waals surface area contributed by atoms with Gasteiger partial charge in [0.05, 0.1) is 18.1 Å². The Balaban J connectivity index is 1.97. The van der Waals surface area contributed by atoms with Gasteiger partial charge in [-0.15, -0.1) is 0 Å². The lowest BCUT2D eigenvalue weighted by Gasteiger charge is -2.22. The molecule has 0 aliphatic heterocycles. The molecule has 0 fully saturated rings. The quantitative estimate of drug-likeness (QED) is 0.757. The Morgan fingerprint density at radius 3 is 2.00 bits per heavy atom. The number of benzene rings is 2. The first-order valence-electron chi connectivity index (χ1n) is 8.05. The Morgan fingerprint density at radius 1 is 0.870 bits per heavy atom. The fourth-order valence-corrected chi connectivity index (χ4v) is 2.49. The third kappa shape index (κ3) is 4.36. The van der Waals surface area contributed by atoms with Crippen molar-refractivity contribution in [1.29, 1.82) is 5.26 Å². The zero-order valence-electron chi connectivity index (χ0n) is 14.5. The number of hydrogen-bond donors (Lipinski definition) is 0. The third-order valence-corrected chi connectivity index (χ3v) is 4.25. The molecule has 2 aromatic carbocycles. The minimum Gasteiger partial charge on any atom is -0.494 e. The molecular weight excluding hydrogens is 282 g/mol. The summed E-state index contributed by atoms with van der Waals surface area (Å²) in [6.45, 7) is 9.07. The highest BCUT2D eigenvalue weighted by Crippen LogP contribution is 2.28. The summed E-state index contributed by atoms with van der Waals surface area (Å²) in [5.41, 5.74) is 1.95. The Labute approximate surface area is 139 Å². The SMILES string of the molecule is CC(C)(C)c1ccc(OCCC(C)(C#N)c2ccccc2)cc1. The molecule has 2 heteroatoms. The van der Waals surface area contributed by atoms with Gasteiger partial charge >= 0.3 is 0 Å². The molecular formula is C21H25NO. The summed E-state index contributed by atoms with van der Waals surface area (Å²) in [7, 11) is 0. The summed E-state index contributed by atoms with van der Waals surface area (Å²) in [5.74, 6) is 0.853. The Kier molecular flexibility index (Phi) is 5.11. The molecule has 0 saturated carbocycles. The molecule has 2 nitrogen and oxygen atoms in total. The van der Waals surface area contributed by atoms with Crippen LogP contribution in [0.25, 0.3) is 0 Å². The van der Waals surface area contributed by atoms with Crippen LogP contribution in [0.5, 0.6) is 5.75 Å². The van der Waals surface area contributed by atoms with Gasteiger partial charge in [-0.2, -0.15) is 5.26 Å². The maximum Gasteiger partial charge on any atom is 0.119 e. The summed E-state index contributed by atoms with van der Waals surface area (Å²) >= 11 is 0. The molecule has 0 bridgehead atoms. The monoisotopic (exact) mass is 307 g/mol. The predicted octanol–water partition coefficient (Wildman–Crippen LogP) is 5.23. The largest absolute Gasteiger partial charge is 0.494 e. The van der Waals surface area contributed by atoms with E-state index in [1.807, 2.05) is 49.4 Å². The van der Waals surface area contributed by atoms with Crippen LogP contribution < -0.4 is 4.74 Å². The predicted molar refractivity (Wildman–Crippen MR) is 94.7 cm³/mol. The van der Waals surface area contributed by atoms with Crippen molar-refractivity contribution in [2.24, 2.45) is 0 Å². The van der Waals surface area contributed by atoms with Crippen LogP contribution in [0.15, 0.2) is 54.6 Å². The summed E-state index contributed by atoms with van der Waals surface area (Å²) in [6.07, 6.45) is 0.661. The first kappa shape index (κ1) is 17.1. The van der Waals surface area contributed by atoms with Crippen LogP contribution in [0.2, 0.25) is 0 Å². The van der Waals surface area contributed by atoms with E-state index in [0.29, 0.717) is 13.0 Å². The lowest BCUT2D eigenvalue weighted by molar-refractivity contribution is 0.285. The van der Waals surface area contributed by atoms with Gasteiger partial charge in [-0.3, -0.25) is 0 Å². The van der Waals surface area contributed by atoms with Gasteiger partial charge in [0.1, 0.15) is 5.75 Å². The highest BCUT2D eigenvalue weighted by Gasteiger charge is 2.26. The number of hydrogen-bond acceptors (Lipinski definition) is 2. The molecule has 23 heavy (non-hydrogen) atoms. The smallest absolute Gasteiger partial charge is 0.119 e. The maximum atomic E-state index is 9.56. The minimum atomic E-state index is -0.521. The van der Waals surface area contributed by atoms with E-state index in [-0.39, 0.29) is 5.41 Å². The average Bonchev–Trinajstić information content (AvgIpc) is 2.55. The molecule has 0 N–H and O–H groups in total. The Bertz CT molecular complexity index is 662. The van der Waals surface area contributed by atoms with Crippen molar-refractivity contribution in [2.45, 2.75) is 44.9 Å². The number of rotatable bonds is 5. The van der Waals surface area contributed by atoms with E-state index in [1.54, 1.807) is 0 Å². The standard InChI is InChI=1S/C21H25NO/c1-20(2,3)17-10-12-19(13-11-17)23-15-14-21(4,16-22)18-8-6-5-7-9-18/h5-13H,14-15H2,1-4H3. The van der Waals surface area contributed by atoms with Gasteiger partial charge in [-0.25, -0.2) is 0 Å². The zero-order chi connectivity index (χ0) is 16.9. The van der Waals surface area contributed by atoms with E-state index in [2.05, 4.69) is 39.0 Å². The van der Waals surface area contributed by atoms with Crippen molar-refractivity contribution in [3.05, 3.63) is 65.7 Å². The normalized spacial score (nSPS) is 13.9. The van der Waals surface area contributed by atoms with Gasteiger partial charge < -0.3 is 4.74 Å². The first-order chi connectivity index (χ1) is 10.8. The average molecular weight is 307 g/mol. The van der Waals surface area contributed by atoms with Gasteiger partial charge in [0, 0.05) is 6.42 Å². The van der Waals surface area contributed by atoms with Gasteiger partial charge in [-0.1, -0.05) is 63.2 Å². The third-order valence-electron chi connectivity index (χ3n) is 4.25. The molecule has 0 spiro atoms. The van der Waals surface area contributed by atoms with Gasteiger partial charge in [0.2, 0.25) is 0 Å². The second kappa shape index (κ2) is 6.87. The van der Waals surface area contributed by atoms with Crippen molar-refractivity contribution in [1.82, 2.24) is 0 Å². The van der Waals surface area contributed by atoms with Crippen LogP contribution in [-0.2, 0) is 10.8 Å². The summed E-state index contributed by atoms with van der Waals surface area (Å²) < 4.78 is 5.84. The van der Waals surface area contributed by atoms with Gasteiger partial charge in [0.25, 0.3) is 0 Å².